The molecule has 2 aliphatic rings. The standard InChI is InChI=1S/C9H14N2O2/c1-2-4-11-9(12)7-6-13-5-3-8(7)10-11/h7H,2-6H2,1H3. The fourth-order valence-corrected chi connectivity index (χ4v) is 1.74. The fraction of sp³-hybridized carbons (Fsp3) is 0.778. The number of hydrogen-bond acceptors (Lipinski definition) is 3. The van der Waals surface area contributed by atoms with E-state index in [-0.39, 0.29) is 11.8 Å². The number of hydrazone groups is 1. The molecule has 4 heteroatoms. The summed E-state index contributed by atoms with van der Waals surface area (Å²) in [7, 11) is 0. The molecule has 2 rings (SSSR count). The van der Waals surface area contributed by atoms with Crippen LogP contribution < -0.4 is 0 Å². The van der Waals surface area contributed by atoms with E-state index in [1.807, 2.05) is 6.92 Å². The van der Waals surface area contributed by atoms with Gasteiger partial charge >= 0.3 is 0 Å². The second-order valence-corrected chi connectivity index (χ2v) is 3.43. The van der Waals surface area contributed by atoms with Gasteiger partial charge in [0.2, 0.25) is 0 Å². The molecule has 72 valence electrons. The first kappa shape index (κ1) is 8.69. The molecule has 2 aliphatic heterocycles. The van der Waals surface area contributed by atoms with Gasteiger partial charge < -0.3 is 4.74 Å². The van der Waals surface area contributed by atoms with E-state index in [1.54, 1.807) is 5.01 Å². The first-order valence-electron chi connectivity index (χ1n) is 4.79. The van der Waals surface area contributed by atoms with Gasteiger partial charge in [-0.3, -0.25) is 4.79 Å². The highest BCUT2D eigenvalue weighted by Gasteiger charge is 2.37. The predicted molar refractivity (Wildman–Crippen MR) is 48.4 cm³/mol. The van der Waals surface area contributed by atoms with Crippen molar-refractivity contribution in [1.29, 1.82) is 0 Å². The minimum Gasteiger partial charge on any atom is -0.380 e. The maximum atomic E-state index is 11.7. The number of nitrogens with zero attached hydrogens (tertiary/aromatic N) is 2. The van der Waals surface area contributed by atoms with Crippen molar-refractivity contribution < 1.29 is 9.53 Å². The van der Waals surface area contributed by atoms with Crippen LogP contribution >= 0.6 is 0 Å². The highest BCUT2D eigenvalue weighted by Crippen LogP contribution is 2.21. The highest BCUT2D eigenvalue weighted by atomic mass is 16.5. The second-order valence-electron chi connectivity index (χ2n) is 3.43. The first-order chi connectivity index (χ1) is 6.33. The molecule has 0 spiro atoms. The highest BCUT2D eigenvalue weighted by molar-refractivity contribution is 6.08. The average Bonchev–Trinajstić information content (AvgIpc) is 2.46. The van der Waals surface area contributed by atoms with Crippen molar-refractivity contribution in [1.82, 2.24) is 5.01 Å². The Bertz CT molecular complexity index is 250. The molecule has 13 heavy (non-hydrogen) atoms. The number of carbonyl (C=O) groups excluding carboxylic acids is 1. The van der Waals surface area contributed by atoms with Gasteiger partial charge in [0, 0.05) is 13.0 Å². The Morgan fingerprint density at radius 2 is 2.54 bits per heavy atom. The summed E-state index contributed by atoms with van der Waals surface area (Å²) in [6, 6.07) is 0. The van der Waals surface area contributed by atoms with Gasteiger partial charge in [0.25, 0.3) is 5.91 Å². The van der Waals surface area contributed by atoms with E-state index in [1.165, 1.54) is 0 Å². The molecule has 0 bridgehead atoms. The normalized spacial score (nSPS) is 27.5. The minimum atomic E-state index is -0.0692. The Kier molecular flexibility index (Phi) is 2.31. The van der Waals surface area contributed by atoms with Crippen molar-refractivity contribution in [3.63, 3.8) is 0 Å². The summed E-state index contributed by atoms with van der Waals surface area (Å²) in [6.07, 6.45) is 1.77. The summed E-state index contributed by atoms with van der Waals surface area (Å²) in [6.45, 7) is 4.02. The van der Waals surface area contributed by atoms with Crippen LogP contribution in [0.25, 0.3) is 0 Å². The van der Waals surface area contributed by atoms with Crippen molar-refractivity contribution >= 4 is 11.6 Å². The minimum absolute atomic E-state index is 0.0692. The van der Waals surface area contributed by atoms with Gasteiger partial charge in [-0.2, -0.15) is 5.10 Å². The van der Waals surface area contributed by atoms with Crippen molar-refractivity contribution in [2.75, 3.05) is 19.8 Å². The zero-order valence-electron chi connectivity index (χ0n) is 7.82. The first-order valence-corrected chi connectivity index (χ1v) is 4.79. The number of fused-ring (bicyclic) bond motifs is 1. The lowest BCUT2D eigenvalue weighted by Crippen LogP contribution is -2.34. The second kappa shape index (κ2) is 3.46. The molecule has 0 aromatic carbocycles. The smallest absolute Gasteiger partial charge is 0.253 e. The van der Waals surface area contributed by atoms with Gasteiger partial charge in [-0.15, -0.1) is 0 Å². The van der Waals surface area contributed by atoms with Crippen LogP contribution in [-0.4, -0.2) is 36.4 Å². The van der Waals surface area contributed by atoms with Gasteiger partial charge in [0.1, 0.15) is 5.92 Å². The fourth-order valence-electron chi connectivity index (χ4n) is 1.74. The van der Waals surface area contributed by atoms with Crippen LogP contribution in [0.4, 0.5) is 0 Å². The zero-order chi connectivity index (χ0) is 9.26. The zero-order valence-corrected chi connectivity index (χ0v) is 7.82. The Morgan fingerprint density at radius 1 is 1.69 bits per heavy atom. The summed E-state index contributed by atoms with van der Waals surface area (Å²) < 4.78 is 5.25. The molecular weight excluding hydrogens is 168 g/mol. The van der Waals surface area contributed by atoms with E-state index < -0.39 is 0 Å². The third-order valence-corrected chi connectivity index (χ3v) is 2.43. The van der Waals surface area contributed by atoms with Gasteiger partial charge in [-0.1, -0.05) is 6.92 Å². The maximum absolute atomic E-state index is 11.7. The third kappa shape index (κ3) is 1.46. The molecule has 2 heterocycles. The van der Waals surface area contributed by atoms with Crippen molar-refractivity contribution in [3.05, 3.63) is 0 Å². The number of hydrogen-bond donors (Lipinski definition) is 0. The van der Waals surface area contributed by atoms with E-state index >= 15 is 0 Å². The summed E-state index contributed by atoms with van der Waals surface area (Å²) in [5, 5.41) is 5.89. The topological polar surface area (TPSA) is 41.9 Å². The lowest BCUT2D eigenvalue weighted by molar-refractivity contribution is -0.133. The number of rotatable bonds is 2. The van der Waals surface area contributed by atoms with Crippen molar-refractivity contribution in [2.45, 2.75) is 19.8 Å². The van der Waals surface area contributed by atoms with Crippen LogP contribution in [0.3, 0.4) is 0 Å². The number of carbonyl (C=O) groups is 1. The summed E-state index contributed by atoms with van der Waals surface area (Å²) in [5.74, 6) is 0.0526. The van der Waals surface area contributed by atoms with Crippen LogP contribution in [0.5, 0.6) is 0 Å². The van der Waals surface area contributed by atoms with Gasteiger partial charge in [-0.05, 0) is 6.42 Å². The monoisotopic (exact) mass is 182 g/mol. The molecule has 0 aliphatic carbocycles. The molecule has 0 aromatic heterocycles. The Labute approximate surface area is 77.5 Å². The van der Waals surface area contributed by atoms with E-state index in [0.29, 0.717) is 13.2 Å². The molecule has 1 amide bonds. The largest absolute Gasteiger partial charge is 0.380 e. The summed E-state index contributed by atoms with van der Waals surface area (Å²) in [5.41, 5.74) is 1.02. The van der Waals surface area contributed by atoms with Crippen molar-refractivity contribution in [2.24, 2.45) is 11.0 Å². The maximum Gasteiger partial charge on any atom is 0.253 e. The third-order valence-electron chi connectivity index (χ3n) is 2.43. The molecule has 1 unspecified atom stereocenters. The average molecular weight is 182 g/mol. The molecular formula is C9H14N2O2. The van der Waals surface area contributed by atoms with Gasteiger partial charge in [0.05, 0.1) is 18.9 Å². The van der Waals surface area contributed by atoms with Gasteiger partial charge in [0.15, 0.2) is 0 Å². The molecule has 0 radical (unpaired) electrons. The summed E-state index contributed by atoms with van der Waals surface area (Å²) >= 11 is 0. The number of ether oxygens (including phenoxy) is 1. The van der Waals surface area contributed by atoms with Crippen LogP contribution in [0.2, 0.25) is 0 Å². The lowest BCUT2D eigenvalue weighted by Gasteiger charge is -2.17. The summed E-state index contributed by atoms with van der Waals surface area (Å²) in [4.78, 5) is 11.7. The Hall–Kier alpha value is -0.900. The molecule has 4 nitrogen and oxygen atoms in total. The Balaban J connectivity index is 2.10. The van der Waals surface area contributed by atoms with Crippen LogP contribution in [0, 0.1) is 5.92 Å². The van der Waals surface area contributed by atoms with Crippen LogP contribution in [-0.2, 0) is 9.53 Å². The Morgan fingerprint density at radius 3 is 3.23 bits per heavy atom. The van der Waals surface area contributed by atoms with Crippen LogP contribution in [0.1, 0.15) is 19.8 Å². The number of amides is 1. The van der Waals surface area contributed by atoms with E-state index in [2.05, 4.69) is 5.10 Å². The SMILES string of the molecule is CCCN1N=C2CCOCC2C1=O. The molecule has 0 saturated carbocycles. The van der Waals surface area contributed by atoms with Gasteiger partial charge in [-0.25, -0.2) is 5.01 Å². The quantitative estimate of drug-likeness (QED) is 0.628. The molecule has 1 saturated heterocycles. The van der Waals surface area contributed by atoms with E-state index in [0.717, 1.165) is 25.1 Å². The lowest BCUT2D eigenvalue weighted by atomic mass is 10.0. The molecule has 1 fully saturated rings. The van der Waals surface area contributed by atoms with E-state index in [4.69, 9.17) is 4.74 Å². The molecule has 0 N–H and O–H groups in total. The van der Waals surface area contributed by atoms with E-state index in [9.17, 15) is 4.79 Å². The molecule has 1 atom stereocenters. The van der Waals surface area contributed by atoms with Crippen molar-refractivity contribution in [3.8, 4) is 0 Å². The van der Waals surface area contributed by atoms with Crippen LogP contribution in [0.15, 0.2) is 5.10 Å². The molecule has 0 aromatic rings. The predicted octanol–water partition coefficient (Wildman–Crippen LogP) is 0.631.